The normalized spacial score (nSPS) is 17.7. The lowest BCUT2D eigenvalue weighted by molar-refractivity contribution is -0.275. The molecule has 1 heterocycles. The Balaban J connectivity index is 1.79. The Morgan fingerprint density at radius 1 is 1.15 bits per heavy atom. The molecule has 0 radical (unpaired) electrons. The van der Waals surface area contributed by atoms with Crippen molar-refractivity contribution < 1.29 is 32.3 Å². The van der Waals surface area contributed by atoms with Crippen LogP contribution in [0.1, 0.15) is 47.7 Å². The number of carbonyl (C=O) groups excluding carboxylic acids is 2. The first-order valence-corrected chi connectivity index (χ1v) is 11.1. The van der Waals surface area contributed by atoms with E-state index < -0.39 is 30.2 Å². The highest BCUT2D eigenvalue weighted by Crippen LogP contribution is 2.49. The molecule has 2 aromatic rings. The zero-order valence-electron chi connectivity index (χ0n) is 18.3. The van der Waals surface area contributed by atoms with Gasteiger partial charge >= 0.3 is 12.3 Å². The number of benzene rings is 2. The minimum Gasteiger partial charge on any atom is -0.449 e. The Morgan fingerprint density at radius 2 is 1.76 bits per heavy atom. The number of nitrogens with zero attached hydrogens (tertiary/aromatic N) is 2. The number of amides is 2. The molecule has 1 aliphatic rings. The van der Waals surface area contributed by atoms with Gasteiger partial charge < -0.3 is 9.57 Å². The number of oxime groups is 1. The number of alkyl halides is 3. The second kappa shape index (κ2) is 10.2. The summed E-state index contributed by atoms with van der Waals surface area (Å²) in [6.07, 6.45) is -4.72. The lowest BCUT2D eigenvalue weighted by Crippen LogP contribution is -2.42. The predicted octanol–water partition coefficient (Wildman–Crippen LogP) is 6.58. The summed E-state index contributed by atoms with van der Waals surface area (Å²) in [4.78, 5) is 30.3. The zero-order valence-corrected chi connectivity index (χ0v) is 19.8. The summed E-state index contributed by atoms with van der Waals surface area (Å²) in [6, 6.07) is 9.23. The van der Waals surface area contributed by atoms with Gasteiger partial charge in [0.2, 0.25) is 0 Å². The summed E-state index contributed by atoms with van der Waals surface area (Å²) in [5, 5.41) is 3.74. The maximum atomic E-state index is 14.1. The van der Waals surface area contributed by atoms with Crippen molar-refractivity contribution in [3.05, 3.63) is 69.2 Å². The highest BCUT2D eigenvalue weighted by atomic mass is 35.5. The van der Waals surface area contributed by atoms with Gasteiger partial charge in [-0.15, -0.1) is 0 Å². The molecular weight excluding hydrogens is 496 g/mol. The minimum absolute atomic E-state index is 0.0275. The maximum Gasteiger partial charge on any atom is 0.435 e. The van der Waals surface area contributed by atoms with Gasteiger partial charge in [0.1, 0.15) is 0 Å². The van der Waals surface area contributed by atoms with Gasteiger partial charge in [-0.25, -0.2) is 9.69 Å². The molecule has 0 aromatic heterocycles. The fraction of sp³-hybridized carbons (Fsp3) is 0.348. The summed E-state index contributed by atoms with van der Waals surface area (Å²) in [5.41, 5.74) is -2.52. The standard InChI is InChI=1S/C23H21Cl2F3N2O4/c1-3-4-9-33-21(32)30(2)20(31)15-7-5-14(6-8-15)19-13-22(34-29-19,23(26,27)28)16-10-17(24)12-18(25)11-16/h5-8,10-12H,3-4,9,13H2,1-2H3. The van der Waals surface area contributed by atoms with Gasteiger partial charge in [-0.3, -0.25) is 4.79 Å². The van der Waals surface area contributed by atoms with E-state index >= 15 is 0 Å². The largest absolute Gasteiger partial charge is 0.449 e. The quantitative estimate of drug-likeness (QED) is 0.406. The SMILES string of the molecule is CCCCOC(=O)N(C)C(=O)c1ccc(C2=NOC(c3cc(Cl)cc(Cl)c3)(C(F)(F)F)C2)cc1. The van der Waals surface area contributed by atoms with Crippen LogP contribution in [0.4, 0.5) is 18.0 Å². The van der Waals surface area contributed by atoms with E-state index in [1.807, 2.05) is 6.92 Å². The van der Waals surface area contributed by atoms with Crippen molar-refractivity contribution in [2.24, 2.45) is 5.16 Å². The first-order valence-electron chi connectivity index (χ1n) is 10.3. The number of carbonyl (C=O) groups is 2. The maximum absolute atomic E-state index is 14.1. The summed E-state index contributed by atoms with van der Waals surface area (Å²) < 4.78 is 47.4. The molecule has 34 heavy (non-hydrogen) atoms. The summed E-state index contributed by atoms with van der Waals surface area (Å²) in [6.45, 7) is 2.14. The number of hydrogen-bond donors (Lipinski definition) is 0. The molecule has 11 heteroatoms. The van der Waals surface area contributed by atoms with Crippen molar-refractivity contribution >= 4 is 40.9 Å². The van der Waals surface area contributed by atoms with Crippen LogP contribution in [0.5, 0.6) is 0 Å². The van der Waals surface area contributed by atoms with Gasteiger partial charge in [0, 0.05) is 34.6 Å². The fourth-order valence-corrected chi connectivity index (χ4v) is 3.85. The summed E-state index contributed by atoms with van der Waals surface area (Å²) >= 11 is 11.8. The van der Waals surface area contributed by atoms with Gasteiger partial charge in [0.15, 0.2) is 0 Å². The van der Waals surface area contributed by atoms with E-state index in [4.69, 9.17) is 32.8 Å². The average molecular weight is 517 g/mol. The van der Waals surface area contributed by atoms with E-state index in [9.17, 15) is 22.8 Å². The van der Waals surface area contributed by atoms with Gasteiger partial charge in [-0.2, -0.15) is 13.2 Å². The van der Waals surface area contributed by atoms with Crippen LogP contribution in [0.3, 0.4) is 0 Å². The smallest absolute Gasteiger partial charge is 0.435 e. The van der Waals surface area contributed by atoms with Crippen molar-refractivity contribution in [2.75, 3.05) is 13.7 Å². The van der Waals surface area contributed by atoms with E-state index in [1.54, 1.807) is 0 Å². The van der Waals surface area contributed by atoms with Crippen molar-refractivity contribution in [2.45, 2.75) is 38.0 Å². The molecule has 0 bridgehead atoms. The average Bonchev–Trinajstić information content (AvgIpc) is 3.25. The molecule has 0 spiro atoms. The van der Waals surface area contributed by atoms with Gasteiger partial charge in [-0.1, -0.05) is 53.8 Å². The first kappa shape index (κ1) is 25.8. The lowest BCUT2D eigenvalue weighted by Gasteiger charge is -2.29. The molecular formula is C23H21Cl2F3N2O4. The third kappa shape index (κ3) is 5.31. The topological polar surface area (TPSA) is 68.2 Å². The van der Waals surface area contributed by atoms with Crippen LogP contribution in [-0.4, -0.2) is 42.4 Å². The molecule has 1 aliphatic heterocycles. The highest BCUT2D eigenvalue weighted by Gasteiger charge is 2.62. The first-order chi connectivity index (χ1) is 16.0. The number of ether oxygens (including phenoxy) is 1. The van der Waals surface area contributed by atoms with E-state index in [0.29, 0.717) is 12.0 Å². The van der Waals surface area contributed by atoms with E-state index in [-0.39, 0.29) is 33.5 Å². The number of unbranched alkanes of at least 4 members (excludes halogenated alkanes) is 1. The van der Waals surface area contributed by atoms with Crippen molar-refractivity contribution in [1.82, 2.24) is 4.90 Å². The molecule has 0 fully saturated rings. The van der Waals surface area contributed by atoms with E-state index in [1.165, 1.54) is 37.4 Å². The molecule has 0 saturated heterocycles. The van der Waals surface area contributed by atoms with Crippen LogP contribution >= 0.6 is 23.2 Å². The minimum atomic E-state index is -4.82. The Kier molecular flexibility index (Phi) is 7.77. The number of halogens is 5. The molecule has 2 amide bonds. The summed E-state index contributed by atoms with van der Waals surface area (Å²) in [5.74, 6) is -0.615. The Labute approximate surface area is 204 Å². The molecule has 6 nitrogen and oxygen atoms in total. The molecule has 3 rings (SSSR count). The van der Waals surface area contributed by atoms with Gasteiger partial charge in [0.05, 0.1) is 12.3 Å². The van der Waals surface area contributed by atoms with Crippen molar-refractivity contribution in [3.8, 4) is 0 Å². The second-order valence-corrected chi connectivity index (χ2v) is 8.57. The van der Waals surface area contributed by atoms with Crippen molar-refractivity contribution in [1.29, 1.82) is 0 Å². The van der Waals surface area contributed by atoms with Crippen LogP contribution in [0.25, 0.3) is 0 Å². The van der Waals surface area contributed by atoms with Gasteiger partial charge in [-0.05, 0) is 42.3 Å². The lowest BCUT2D eigenvalue weighted by atomic mass is 9.86. The van der Waals surface area contributed by atoms with Crippen LogP contribution < -0.4 is 0 Å². The third-order valence-electron chi connectivity index (χ3n) is 5.28. The Hall–Kier alpha value is -2.78. The molecule has 0 saturated carbocycles. The predicted molar refractivity (Wildman–Crippen MR) is 121 cm³/mol. The molecule has 1 unspecified atom stereocenters. The summed E-state index contributed by atoms with van der Waals surface area (Å²) in [7, 11) is 1.28. The van der Waals surface area contributed by atoms with Gasteiger partial charge in [0.25, 0.3) is 11.5 Å². The molecule has 0 N–H and O–H groups in total. The molecule has 0 aliphatic carbocycles. The Bertz CT molecular complexity index is 1090. The van der Waals surface area contributed by atoms with Crippen molar-refractivity contribution in [3.63, 3.8) is 0 Å². The molecule has 182 valence electrons. The third-order valence-corrected chi connectivity index (χ3v) is 5.72. The zero-order chi connectivity index (χ0) is 25.1. The fourth-order valence-electron chi connectivity index (χ4n) is 3.33. The van der Waals surface area contributed by atoms with Crippen LogP contribution in [0.15, 0.2) is 47.6 Å². The van der Waals surface area contributed by atoms with E-state index in [2.05, 4.69) is 5.16 Å². The van der Waals surface area contributed by atoms with E-state index in [0.717, 1.165) is 23.5 Å². The molecule has 1 atom stereocenters. The number of hydrogen-bond acceptors (Lipinski definition) is 5. The molecule has 2 aromatic carbocycles. The second-order valence-electron chi connectivity index (χ2n) is 7.70. The highest BCUT2D eigenvalue weighted by molar-refractivity contribution is 6.34. The number of rotatable bonds is 6. The van der Waals surface area contributed by atoms with Crippen LogP contribution in [0, 0.1) is 0 Å². The van der Waals surface area contributed by atoms with Crippen LogP contribution in [-0.2, 0) is 15.2 Å². The van der Waals surface area contributed by atoms with Crippen LogP contribution in [0.2, 0.25) is 10.0 Å². The monoisotopic (exact) mass is 516 g/mol. The Morgan fingerprint density at radius 3 is 2.32 bits per heavy atom. The number of imide groups is 1.